The average Bonchev–Trinajstić information content (AvgIpc) is 2.52. The van der Waals surface area contributed by atoms with Gasteiger partial charge in [-0.2, -0.15) is 0 Å². The van der Waals surface area contributed by atoms with Crippen LogP contribution in [0.4, 0.5) is 5.82 Å². The first kappa shape index (κ1) is 8.12. The van der Waals surface area contributed by atoms with Crippen LogP contribution in [0.5, 0.6) is 0 Å². The van der Waals surface area contributed by atoms with Gasteiger partial charge in [-0.3, -0.25) is 0 Å². The van der Waals surface area contributed by atoms with Gasteiger partial charge in [-0.1, -0.05) is 17.4 Å². The van der Waals surface area contributed by atoms with E-state index in [1.807, 2.05) is 19.1 Å². The number of aryl methyl sites for hydroxylation is 1. The summed E-state index contributed by atoms with van der Waals surface area (Å²) in [7, 11) is 0. The molecule has 66 valence electrons. The van der Waals surface area contributed by atoms with Gasteiger partial charge in [0, 0.05) is 0 Å². The molecule has 0 aliphatic carbocycles. The highest BCUT2D eigenvalue weighted by atomic mass is 32.1. The number of hydrogen-bond acceptors (Lipinski definition) is 5. The fraction of sp³-hybridized carbons (Fsp3) is 0.125. The molecule has 2 rings (SSSR count). The molecular formula is C8H8N4S. The van der Waals surface area contributed by atoms with Crippen LogP contribution in [-0.2, 0) is 0 Å². The Kier molecular flexibility index (Phi) is 1.94. The lowest BCUT2D eigenvalue weighted by Gasteiger charge is -1.94. The minimum atomic E-state index is 0.505. The molecule has 0 saturated carbocycles. The summed E-state index contributed by atoms with van der Waals surface area (Å²) < 4.78 is 0. The monoisotopic (exact) mass is 192 g/mol. The maximum absolute atomic E-state index is 5.55. The molecule has 0 bridgehead atoms. The molecule has 0 spiro atoms. The topological polar surface area (TPSA) is 64.7 Å². The van der Waals surface area contributed by atoms with Crippen molar-refractivity contribution in [1.29, 1.82) is 0 Å². The fourth-order valence-electron chi connectivity index (χ4n) is 0.971. The molecule has 0 fully saturated rings. The summed E-state index contributed by atoms with van der Waals surface area (Å²) in [5.41, 5.74) is 6.33. The Labute approximate surface area is 79.5 Å². The zero-order chi connectivity index (χ0) is 9.26. The number of rotatable bonds is 1. The predicted molar refractivity (Wildman–Crippen MR) is 52.3 cm³/mol. The molecule has 0 aliphatic heterocycles. The quantitative estimate of drug-likeness (QED) is 0.743. The van der Waals surface area contributed by atoms with Crippen LogP contribution in [0.15, 0.2) is 18.2 Å². The summed E-state index contributed by atoms with van der Waals surface area (Å²) in [4.78, 5) is 4.14. The number of pyridine rings is 1. The van der Waals surface area contributed by atoms with Crippen molar-refractivity contribution in [2.75, 3.05) is 5.73 Å². The van der Waals surface area contributed by atoms with E-state index >= 15 is 0 Å². The zero-order valence-electron chi connectivity index (χ0n) is 7.06. The van der Waals surface area contributed by atoms with Crippen LogP contribution in [0.25, 0.3) is 10.7 Å². The van der Waals surface area contributed by atoms with E-state index in [1.54, 1.807) is 6.07 Å². The van der Waals surface area contributed by atoms with E-state index in [2.05, 4.69) is 15.2 Å². The molecule has 0 radical (unpaired) electrons. The van der Waals surface area contributed by atoms with E-state index < -0.39 is 0 Å². The number of anilines is 1. The van der Waals surface area contributed by atoms with Gasteiger partial charge in [0.1, 0.15) is 16.5 Å². The Morgan fingerprint density at radius 3 is 2.77 bits per heavy atom. The second kappa shape index (κ2) is 3.10. The first-order valence-corrected chi connectivity index (χ1v) is 4.60. The Morgan fingerprint density at radius 1 is 1.31 bits per heavy atom. The number of nitrogens with two attached hydrogens (primary N) is 1. The third-order valence-electron chi connectivity index (χ3n) is 1.52. The Balaban J connectivity index is 2.46. The highest BCUT2D eigenvalue weighted by molar-refractivity contribution is 7.14. The maximum Gasteiger partial charge on any atom is 0.166 e. The maximum atomic E-state index is 5.55. The highest BCUT2D eigenvalue weighted by Crippen LogP contribution is 2.21. The summed E-state index contributed by atoms with van der Waals surface area (Å²) in [6.45, 7) is 1.91. The summed E-state index contributed by atoms with van der Waals surface area (Å²) in [6.07, 6.45) is 0. The average molecular weight is 192 g/mol. The van der Waals surface area contributed by atoms with Crippen LogP contribution < -0.4 is 5.73 Å². The van der Waals surface area contributed by atoms with Crippen LogP contribution in [0, 0.1) is 6.92 Å². The van der Waals surface area contributed by atoms with Gasteiger partial charge in [0.2, 0.25) is 0 Å². The molecule has 0 atom stereocenters. The van der Waals surface area contributed by atoms with Crippen molar-refractivity contribution in [2.24, 2.45) is 0 Å². The number of nitrogen functional groups attached to an aromatic ring is 1. The first-order chi connectivity index (χ1) is 6.25. The molecule has 5 heteroatoms. The molecule has 0 aromatic carbocycles. The van der Waals surface area contributed by atoms with Crippen LogP contribution in [-0.4, -0.2) is 15.2 Å². The van der Waals surface area contributed by atoms with Crippen molar-refractivity contribution in [3.8, 4) is 10.7 Å². The Bertz CT molecular complexity index is 424. The van der Waals surface area contributed by atoms with Crippen molar-refractivity contribution < 1.29 is 0 Å². The van der Waals surface area contributed by atoms with Gasteiger partial charge >= 0.3 is 0 Å². The van der Waals surface area contributed by atoms with E-state index in [0.29, 0.717) is 5.82 Å². The molecule has 0 amide bonds. The molecule has 13 heavy (non-hydrogen) atoms. The molecule has 2 N–H and O–H groups in total. The standard InChI is InChI=1S/C8H8N4S/c1-5-11-12-8(13-5)6-3-2-4-7(9)10-6/h2-4H,1H3,(H2,9,10). The van der Waals surface area contributed by atoms with Crippen LogP contribution in [0.1, 0.15) is 5.01 Å². The molecule has 2 aromatic rings. The summed E-state index contributed by atoms with van der Waals surface area (Å²) in [6, 6.07) is 5.47. The molecule has 0 aliphatic rings. The van der Waals surface area contributed by atoms with Gasteiger partial charge in [0.05, 0.1) is 0 Å². The molecule has 2 heterocycles. The normalized spacial score (nSPS) is 10.2. The van der Waals surface area contributed by atoms with Crippen molar-refractivity contribution in [1.82, 2.24) is 15.2 Å². The summed E-state index contributed by atoms with van der Waals surface area (Å²) in [5, 5.41) is 9.63. The van der Waals surface area contributed by atoms with Crippen LogP contribution in [0.3, 0.4) is 0 Å². The molecule has 0 unspecified atom stereocenters. The largest absolute Gasteiger partial charge is 0.384 e. The number of hydrogen-bond donors (Lipinski definition) is 1. The van der Waals surface area contributed by atoms with E-state index in [0.717, 1.165) is 15.7 Å². The third kappa shape index (κ3) is 1.65. The lowest BCUT2D eigenvalue weighted by molar-refractivity contribution is 1.05. The van der Waals surface area contributed by atoms with Gasteiger partial charge < -0.3 is 5.73 Å². The second-order valence-electron chi connectivity index (χ2n) is 2.57. The predicted octanol–water partition coefficient (Wildman–Crippen LogP) is 1.49. The van der Waals surface area contributed by atoms with Gasteiger partial charge in [-0.05, 0) is 19.1 Å². The molecule has 4 nitrogen and oxygen atoms in total. The van der Waals surface area contributed by atoms with Crippen molar-refractivity contribution in [3.05, 3.63) is 23.2 Å². The van der Waals surface area contributed by atoms with Gasteiger partial charge in [-0.15, -0.1) is 10.2 Å². The van der Waals surface area contributed by atoms with Gasteiger partial charge in [-0.25, -0.2) is 4.98 Å². The van der Waals surface area contributed by atoms with Gasteiger partial charge in [0.15, 0.2) is 5.01 Å². The van der Waals surface area contributed by atoms with Crippen LogP contribution >= 0.6 is 11.3 Å². The molecule has 0 saturated heterocycles. The Hall–Kier alpha value is -1.49. The summed E-state index contributed by atoms with van der Waals surface area (Å²) in [5.74, 6) is 0.505. The van der Waals surface area contributed by atoms with E-state index in [9.17, 15) is 0 Å². The lowest BCUT2D eigenvalue weighted by Crippen LogP contribution is -1.90. The number of aromatic nitrogens is 3. The number of nitrogens with zero attached hydrogens (tertiary/aromatic N) is 3. The molecule has 2 aromatic heterocycles. The SMILES string of the molecule is Cc1nnc(-c2cccc(N)n2)s1. The van der Waals surface area contributed by atoms with E-state index in [-0.39, 0.29) is 0 Å². The summed E-state index contributed by atoms with van der Waals surface area (Å²) >= 11 is 1.51. The second-order valence-corrected chi connectivity index (χ2v) is 3.76. The smallest absolute Gasteiger partial charge is 0.166 e. The van der Waals surface area contributed by atoms with E-state index in [1.165, 1.54) is 11.3 Å². The highest BCUT2D eigenvalue weighted by Gasteiger charge is 2.04. The minimum absolute atomic E-state index is 0.505. The first-order valence-electron chi connectivity index (χ1n) is 3.79. The van der Waals surface area contributed by atoms with Crippen molar-refractivity contribution in [3.63, 3.8) is 0 Å². The minimum Gasteiger partial charge on any atom is -0.384 e. The Morgan fingerprint density at radius 2 is 2.15 bits per heavy atom. The third-order valence-corrected chi connectivity index (χ3v) is 2.38. The van der Waals surface area contributed by atoms with Crippen molar-refractivity contribution in [2.45, 2.75) is 6.92 Å². The van der Waals surface area contributed by atoms with Crippen LogP contribution in [0.2, 0.25) is 0 Å². The lowest BCUT2D eigenvalue weighted by atomic mass is 10.3. The fourth-order valence-corrected chi connectivity index (χ4v) is 1.63. The van der Waals surface area contributed by atoms with Crippen molar-refractivity contribution >= 4 is 17.2 Å². The van der Waals surface area contributed by atoms with Gasteiger partial charge in [0.25, 0.3) is 0 Å². The molecular weight excluding hydrogens is 184 g/mol. The zero-order valence-corrected chi connectivity index (χ0v) is 7.88. The van der Waals surface area contributed by atoms with E-state index in [4.69, 9.17) is 5.73 Å².